The van der Waals surface area contributed by atoms with Crippen molar-refractivity contribution in [3.05, 3.63) is 47.6 Å². The van der Waals surface area contributed by atoms with Crippen LogP contribution in [-0.4, -0.2) is 65.2 Å². The van der Waals surface area contributed by atoms with Gasteiger partial charge in [-0.3, -0.25) is 0 Å². The highest BCUT2D eigenvalue weighted by atomic mass is 16.7. The Balaban J connectivity index is 3.34. The molecule has 1 rings (SSSR count). The fourth-order valence-corrected chi connectivity index (χ4v) is 2.80. The Morgan fingerprint density at radius 1 is 0.733 bits per heavy atom. The molecule has 0 radical (unpaired) electrons. The van der Waals surface area contributed by atoms with Crippen molar-refractivity contribution in [3.8, 4) is 0 Å². The molecule has 8 heteroatoms. The van der Waals surface area contributed by atoms with Gasteiger partial charge in [-0.25, -0.2) is 9.59 Å². The molecule has 0 N–H and O–H groups in total. The van der Waals surface area contributed by atoms with Crippen molar-refractivity contribution in [1.29, 1.82) is 0 Å². The fraction of sp³-hybridized carbons (Fsp3) is 0.545. The zero-order valence-electron chi connectivity index (χ0n) is 18.6. The normalized spacial score (nSPS) is 17.7. The van der Waals surface area contributed by atoms with Crippen LogP contribution in [0.3, 0.4) is 0 Å². The average molecular weight is 424 g/mol. The molecule has 1 aliphatic carbocycles. The predicted octanol–water partition coefficient (Wildman–Crippen LogP) is 2.85. The Labute approximate surface area is 178 Å². The molecule has 0 bridgehead atoms. The van der Waals surface area contributed by atoms with Gasteiger partial charge < -0.3 is 28.4 Å². The predicted molar refractivity (Wildman–Crippen MR) is 110 cm³/mol. The molecular formula is C22H32O8. The highest BCUT2D eigenvalue weighted by Crippen LogP contribution is 2.39. The summed E-state index contributed by atoms with van der Waals surface area (Å²) >= 11 is 0. The lowest BCUT2D eigenvalue weighted by Crippen LogP contribution is -2.44. The second-order valence-electron chi connectivity index (χ2n) is 6.35. The summed E-state index contributed by atoms with van der Waals surface area (Å²) in [5.41, 5.74) is 0.908. The largest absolute Gasteiger partial charge is 0.463 e. The van der Waals surface area contributed by atoms with Crippen LogP contribution in [0.5, 0.6) is 0 Å². The van der Waals surface area contributed by atoms with Crippen LogP contribution in [0.15, 0.2) is 47.6 Å². The molecule has 0 atom stereocenters. The zero-order chi connectivity index (χ0) is 22.6. The molecule has 0 unspecified atom stereocenters. The van der Waals surface area contributed by atoms with Crippen molar-refractivity contribution in [1.82, 2.24) is 0 Å². The van der Waals surface area contributed by atoms with E-state index in [0.717, 1.165) is 12.8 Å². The average Bonchev–Trinajstić information content (AvgIpc) is 2.78. The molecule has 0 aliphatic heterocycles. The first-order valence-corrected chi connectivity index (χ1v) is 9.73. The van der Waals surface area contributed by atoms with Crippen LogP contribution in [0.4, 0.5) is 0 Å². The van der Waals surface area contributed by atoms with Crippen molar-refractivity contribution >= 4 is 11.9 Å². The van der Waals surface area contributed by atoms with E-state index in [-0.39, 0.29) is 0 Å². The van der Waals surface area contributed by atoms with E-state index in [1.165, 1.54) is 52.7 Å². The quantitative estimate of drug-likeness (QED) is 0.268. The summed E-state index contributed by atoms with van der Waals surface area (Å²) in [4.78, 5) is 23.8. The van der Waals surface area contributed by atoms with Crippen LogP contribution in [-0.2, 0) is 38.0 Å². The smallest absolute Gasteiger partial charge is 0.330 e. The van der Waals surface area contributed by atoms with Gasteiger partial charge in [-0.15, -0.1) is 0 Å². The fourth-order valence-electron chi connectivity index (χ4n) is 2.80. The van der Waals surface area contributed by atoms with Crippen LogP contribution in [0.1, 0.15) is 26.7 Å². The van der Waals surface area contributed by atoms with Crippen molar-refractivity contribution in [2.24, 2.45) is 0 Å². The molecule has 0 fully saturated rings. The Kier molecular flexibility index (Phi) is 10.7. The van der Waals surface area contributed by atoms with E-state index in [4.69, 9.17) is 28.4 Å². The van der Waals surface area contributed by atoms with Crippen LogP contribution >= 0.6 is 0 Å². The summed E-state index contributed by atoms with van der Waals surface area (Å²) in [6.07, 6.45) is 10.3. The van der Waals surface area contributed by atoms with Gasteiger partial charge in [-0.05, 0) is 37.1 Å². The van der Waals surface area contributed by atoms with Crippen LogP contribution in [0, 0.1) is 0 Å². The van der Waals surface area contributed by atoms with Gasteiger partial charge in [0.1, 0.15) is 0 Å². The van der Waals surface area contributed by atoms with Crippen LogP contribution in [0.2, 0.25) is 0 Å². The van der Waals surface area contributed by atoms with Gasteiger partial charge in [-0.1, -0.05) is 13.8 Å². The molecule has 168 valence electrons. The molecule has 0 amide bonds. The molecule has 0 saturated heterocycles. The van der Waals surface area contributed by atoms with E-state index in [2.05, 4.69) is 0 Å². The van der Waals surface area contributed by atoms with Gasteiger partial charge in [-0.2, -0.15) is 0 Å². The first kappa shape index (κ1) is 25.8. The first-order chi connectivity index (χ1) is 14.4. The molecule has 30 heavy (non-hydrogen) atoms. The summed E-state index contributed by atoms with van der Waals surface area (Å²) in [5.74, 6) is -3.66. The lowest BCUT2D eigenvalue weighted by atomic mass is 9.88. The molecular weight excluding hydrogens is 392 g/mol. The SMILES string of the molecule is CCCOC(=O)/C=C/C1=CC(OC)(OC)C(/C=C/C(=O)OCCC)=CC1(OC)OC. The second-order valence-corrected chi connectivity index (χ2v) is 6.35. The molecule has 8 nitrogen and oxygen atoms in total. The number of methoxy groups -OCH3 is 4. The van der Waals surface area contributed by atoms with E-state index in [1.54, 1.807) is 12.2 Å². The number of hydrogen-bond acceptors (Lipinski definition) is 8. The molecule has 0 heterocycles. The maximum absolute atomic E-state index is 11.9. The Morgan fingerprint density at radius 2 is 1.07 bits per heavy atom. The van der Waals surface area contributed by atoms with E-state index in [1.807, 2.05) is 13.8 Å². The number of esters is 2. The van der Waals surface area contributed by atoms with Gasteiger partial charge in [0.25, 0.3) is 0 Å². The number of carbonyl (C=O) groups excluding carboxylic acids is 2. The number of carbonyl (C=O) groups is 2. The molecule has 0 saturated carbocycles. The van der Waals surface area contributed by atoms with Crippen LogP contribution in [0.25, 0.3) is 0 Å². The van der Waals surface area contributed by atoms with E-state index >= 15 is 0 Å². The summed E-state index contributed by atoms with van der Waals surface area (Å²) in [5, 5.41) is 0. The van der Waals surface area contributed by atoms with Gasteiger partial charge in [0.2, 0.25) is 11.6 Å². The minimum Gasteiger partial charge on any atom is -0.463 e. The van der Waals surface area contributed by atoms with Crippen molar-refractivity contribution in [2.75, 3.05) is 41.7 Å². The first-order valence-electron chi connectivity index (χ1n) is 9.73. The lowest BCUT2D eigenvalue weighted by molar-refractivity contribution is -0.168. The van der Waals surface area contributed by atoms with Gasteiger partial charge in [0.15, 0.2) is 0 Å². The number of ether oxygens (including phenoxy) is 6. The van der Waals surface area contributed by atoms with Gasteiger partial charge in [0, 0.05) is 51.7 Å². The van der Waals surface area contributed by atoms with E-state index in [9.17, 15) is 9.59 Å². The standard InChI is InChI=1S/C22H32O8/c1-7-13-29-19(23)11-9-17-15-22(27-5,28-6)18(16-21(17,25-3)26-4)10-12-20(24)30-14-8-2/h9-12,15-16H,7-8,13-14H2,1-6H3/b11-9+,12-10+. The van der Waals surface area contributed by atoms with Crippen molar-refractivity contribution < 1.29 is 38.0 Å². The molecule has 1 aliphatic rings. The summed E-state index contributed by atoms with van der Waals surface area (Å²) < 4.78 is 32.6. The zero-order valence-corrected chi connectivity index (χ0v) is 18.6. The Bertz CT molecular complexity index is 634. The maximum Gasteiger partial charge on any atom is 0.330 e. The molecule has 0 aromatic carbocycles. The highest BCUT2D eigenvalue weighted by molar-refractivity contribution is 5.83. The minimum absolute atomic E-state index is 0.324. The lowest BCUT2D eigenvalue weighted by Gasteiger charge is -2.40. The third-order valence-corrected chi connectivity index (χ3v) is 4.40. The van der Waals surface area contributed by atoms with Crippen molar-refractivity contribution in [3.63, 3.8) is 0 Å². The number of hydrogen-bond donors (Lipinski definition) is 0. The summed E-state index contributed by atoms with van der Waals surface area (Å²) in [6.45, 7) is 4.46. The van der Waals surface area contributed by atoms with E-state index in [0.29, 0.717) is 24.4 Å². The Hall–Kier alpha value is -2.26. The molecule has 0 spiro atoms. The Morgan fingerprint density at radius 3 is 1.33 bits per heavy atom. The molecule has 0 aromatic heterocycles. The number of rotatable bonds is 12. The third kappa shape index (κ3) is 6.37. The topological polar surface area (TPSA) is 89.5 Å². The van der Waals surface area contributed by atoms with Gasteiger partial charge in [0.05, 0.1) is 13.2 Å². The third-order valence-electron chi connectivity index (χ3n) is 4.40. The summed E-state index contributed by atoms with van der Waals surface area (Å²) in [7, 11) is 5.84. The minimum atomic E-state index is -1.34. The maximum atomic E-state index is 11.9. The van der Waals surface area contributed by atoms with Crippen LogP contribution < -0.4 is 0 Å². The highest BCUT2D eigenvalue weighted by Gasteiger charge is 2.44. The van der Waals surface area contributed by atoms with E-state index < -0.39 is 23.5 Å². The monoisotopic (exact) mass is 424 g/mol. The summed E-state index contributed by atoms with van der Waals surface area (Å²) in [6, 6.07) is 0. The molecule has 0 aromatic rings. The second kappa shape index (κ2) is 12.4. The van der Waals surface area contributed by atoms with Gasteiger partial charge >= 0.3 is 11.9 Å². The van der Waals surface area contributed by atoms with Crippen molar-refractivity contribution in [2.45, 2.75) is 38.3 Å².